The lowest BCUT2D eigenvalue weighted by Crippen LogP contribution is -2.40. The molecule has 0 saturated carbocycles. The van der Waals surface area contributed by atoms with Gasteiger partial charge in [-0.3, -0.25) is 9.69 Å². The molecule has 1 saturated heterocycles. The molecule has 4 aromatic rings. The molecule has 1 fully saturated rings. The number of amides is 1. The summed E-state index contributed by atoms with van der Waals surface area (Å²) in [6.07, 6.45) is 2.96. The Labute approximate surface area is 198 Å². The van der Waals surface area contributed by atoms with E-state index in [-0.39, 0.29) is 12.0 Å². The van der Waals surface area contributed by atoms with Gasteiger partial charge in [0, 0.05) is 6.61 Å². The number of aromatic nitrogens is 1. The van der Waals surface area contributed by atoms with Crippen molar-refractivity contribution < 1.29 is 9.53 Å². The smallest absolute Gasteiger partial charge is 0.240 e. The number of hydrogen-bond donors (Lipinski definition) is 0. The Bertz CT molecular complexity index is 1180. The summed E-state index contributed by atoms with van der Waals surface area (Å²) < 4.78 is 7.06. The van der Waals surface area contributed by atoms with Crippen molar-refractivity contribution in [2.75, 3.05) is 18.1 Å². The zero-order valence-corrected chi connectivity index (χ0v) is 19.6. The molecule has 1 amide bonds. The van der Waals surface area contributed by atoms with Crippen LogP contribution in [0.15, 0.2) is 78.9 Å². The highest BCUT2D eigenvalue weighted by molar-refractivity contribution is 7.22. The first-order valence-corrected chi connectivity index (χ1v) is 12.5. The second-order valence-corrected chi connectivity index (χ2v) is 9.46. The summed E-state index contributed by atoms with van der Waals surface area (Å²) in [6.45, 7) is 3.42. The van der Waals surface area contributed by atoms with Crippen LogP contribution in [0.25, 0.3) is 10.2 Å². The summed E-state index contributed by atoms with van der Waals surface area (Å²) >= 11 is 1.59. The number of rotatable bonds is 7. The third-order valence-electron chi connectivity index (χ3n) is 6.29. The van der Waals surface area contributed by atoms with Gasteiger partial charge in [0.15, 0.2) is 5.13 Å². The van der Waals surface area contributed by atoms with Crippen LogP contribution in [0.3, 0.4) is 0 Å². The third kappa shape index (κ3) is 4.56. The predicted octanol–water partition coefficient (Wildman–Crippen LogP) is 6.20. The topological polar surface area (TPSA) is 42.4 Å². The summed E-state index contributed by atoms with van der Waals surface area (Å²) in [5.74, 6) is -0.355. The summed E-state index contributed by atoms with van der Waals surface area (Å²) in [5.41, 5.74) is 4.19. The maximum atomic E-state index is 14.3. The van der Waals surface area contributed by atoms with Gasteiger partial charge in [0.2, 0.25) is 5.91 Å². The van der Waals surface area contributed by atoms with Crippen LogP contribution in [-0.4, -0.2) is 30.1 Å². The number of hydrogen-bond acceptors (Lipinski definition) is 4. The zero-order chi connectivity index (χ0) is 22.6. The Morgan fingerprint density at radius 3 is 2.33 bits per heavy atom. The molecule has 0 radical (unpaired) electrons. The van der Waals surface area contributed by atoms with E-state index >= 15 is 0 Å². The summed E-state index contributed by atoms with van der Waals surface area (Å²) in [7, 11) is 0. The van der Waals surface area contributed by atoms with Gasteiger partial charge in [0.1, 0.15) is 0 Å². The first-order valence-electron chi connectivity index (χ1n) is 11.7. The Hall–Kier alpha value is -3.02. The van der Waals surface area contributed by atoms with Gasteiger partial charge in [0.05, 0.1) is 28.8 Å². The molecule has 5 rings (SSSR count). The Kier molecular flexibility index (Phi) is 6.51. The molecule has 0 spiro atoms. The van der Waals surface area contributed by atoms with Crippen LogP contribution in [0.1, 0.15) is 42.4 Å². The molecule has 1 aliphatic rings. The van der Waals surface area contributed by atoms with Crippen molar-refractivity contribution in [2.45, 2.75) is 38.2 Å². The maximum absolute atomic E-state index is 14.3. The van der Waals surface area contributed by atoms with Gasteiger partial charge in [-0.15, -0.1) is 0 Å². The lowest BCUT2D eigenvalue weighted by Gasteiger charge is -2.28. The standard InChI is InChI=1S/C28H28N2O2S/c1-2-20-15-9-17-24-26(20)29-28(33-24)30(19-23-16-10-18-32-23)27(31)25(21-11-5-3-6-12-21)22-13-7-4-8-14-22/h3-9,11-15,17,23,25H,2,10,16,18-19H2,1H3. The molecule has 168 valence electrons. The fourth-order valence-corrected chi connectivity index (χ4v) is 5.60. The zero-order valence-electron chi connectivity index (χ0n) is 18.8. The number of thiazole rings is 1. The van der Waals surface area contributed by atoms with E-state index < -0.39 is 5.92 Å². The molecule has 0 aliphatic carbocycles. The van der Waals surface area contributed by atoms with E-state index in [9.17, 15) is 4.79 Å². The van der Waals surface area contributed by atoms with Gasteiger partial charge in [-0.05, 0) is 42.0 Å². The van der Waals surface area contributed by atoms with Crippen molar-refractivity contribution in [2.24, 2.45) is 0 Å². The van der Waals surface area contributed by atoms with Crippen molar-refractivity contribution in [1.29, 1.82) is 0 Å². The molecule has 1 aliphatic heterocycles. The maximum Gasteiger partial charge on any atom is 0.240 e. The number of nitrogens with zero attached hydrogens (tertiary/aromatic N) is 2. The molecule has 0 bridgehead atoms. The molecule has 33 heavy (non-hydrogen) atoms. The van der Waals surface area contributed by atoms with E-state index in [0.717, 1.165) is 52.3 Å². The molecule has 4 nitrogen and oxygen atoms in total. The van der Waals surface area contributed by atoms with Crippen molar-refractivity contribution in [1.82, 2.24) is 4.98 Å². The number of carbonyl (C=O) groups excluding carboxylic acids is 1. The highest BCUT2D eigenvalue weighted by atomic mass is 32.1. The summed E-state index contributed by atoms with van der Waals surface area (Å²) in [5, 5.41) is 0.753. The van der Waals surface area contributed by atoms with Gasteiger partial charge in [-0.1, -0.05) is 91.1 Å². The fraction of sp³-hybridized carbons (Fsp3) is 0.286. The fourth-order valence-electron chi connectivity index (χ4n) is 4.57. The van der Waals surface area contributed by atoms with E-state index in [1.165, 1.54) is 5.56 Å². The molecular weight excluding hydrogens is 428 g/mol. The van der Waals surface area contributed by atoms with Gasteiger partial charge < -0.3 is 4.74 Å². The number of para-hydroxylation sites is 1. The van der Waals surface area contributed by atoms with Crippen LogP contribution in [0.2, 0.25) is 0 Å². The number of benzene rings is 3. The van der Waals surface area contributed by atoms with E-state index in [0.29, 0.717) is 6.54 Å². The predicted molar refractivity (Wildman–Crippen MR) is 135 cm³/mol. The van der Waals surface area contributed by atoms with Crippen LogP contribution in [0, 0.1) is 0 Å². The average Bonchev–Trinajstić information content (AvgIpc) is 3.53. The van der Waals surface area contributed by atoms with Crippen molar-refractivity contribution >= 4 is 32.6 Å². The Morgan fingerprint density at radius 2 is 1.73 bits per heavy atom. The Balaban J connectivity index is 1.60. The second kappa shape index (κ2) is 9.86. The minimum Gasteiger partial charge on any atom is -0.376 e. The van der Waals surface area contributed by atoms with Crippen LogP contribution in [0.4, 0.5) is 5.13 Å². The first kappa shape index (κ1) is 21.8. The molecule has 5 heteroatoms. The van der Waals surface area contributed by atoms with Crippen LogP contribution in [-0.2, 0) is 16.0 Å². The first-order chi connectivity index (χ1) is 16.2. The van der Waals surface area contributed by atoms with Crippen LogP contribution < -0.4 is 4.90 Å². The molecule has 1 atom stereocenters. The van der Waals surface area contributed by atoms with Gasteiger partial charge >= 0.3 is 0 Å². The van der Waals surface area contributed by atoms with E-state index in [2.05, 4.69) is 25.1 Å². The normalized spacial score (nSPS) is 15.9. The number of carbonyl (C=O) groups is 1. The minimum absolute atomic E-state index is 0.0406. The third-order valence-corrected chi connectivity index (χ3v) is 7.34. The molecular formula is C28H28N2O2S. The molecule has 3 aromatic carbocycles. The van der Waals surface area contributed by atoms with E-state index in [1.54, 1.807) is 11.3 Å². The van der Waals surface area contributed by atoms with E-state index in [1.807, 2.05) is 65.6 Å². The van der Waals surface area contributed by atoms with Crippen molar-refractivity contribution in [3.8, 4) is 0 Å². The molecule has 1 unspecified atom stereocenters. The number of anilines is 1. The average molecular weight is 457 g/mol. The molecule has 0 N–H and O–H groups in total. The monoisotopic (exact) mass is 456 g/mol. The quantitative estimate of drug-likeness (QED) is 0.332. The molecule has 2 heterocycles. The minimum atomic E-state index is -0.397. The summed E-state index contributed by atoms with van der Waals surface area (Å²) in [6, 6.07) is 26.4. The van der Waals surface area contributed by atoms with Gasteiger partial charge in [0.25, 0.3) is 0 Å². The van der Waals surface area contributed by atoms with Crippen molar-refractivity contribution in [3.05, 3.63) is 95.6 Å². The van der Waals surface area contributed by atoms with E-state index in [4.69, 9.17) is 9.72 Å². The lowest BCUT2D eigenvalue weighted by atomic mass is 9.90. The SMILES string of the molecule is CCc1cccc2sc(N(CC3CCCO3)C(=O)C(c3ccccc3)c3ccccc3)nc12. The number of fused-ring (bicyclic) bond motifs is 1. The lowest BCUT2D eigenvalue weighted by molar-refractivity contribution is -0.119. The highest BCUT2D eigenvalue weighted by Crippen LogP contribution is 2.35. The molecule has 1 aromatic heterocycles. The van der Waals surface area contributed by atoms with Crippen molar-refractivity contribution in [3.63, 3.8) is 0 Å². The highest BCUT2D eigenvalue weighted by Gasteiger charge is 2.33. The van der Waals surface area contributed by atoms with Gasteiger partial charge in [-0.25, -0.2) is 4.98 Å². The number of aryl methyl sites for hydroxylation is 1. The number of ether oxygens (including phenoxy) is 1. The van der Waals surface area contributed by atoms with Gasteiger partial charge in [-0.2, -0.15) is 0 Å². The Morgan fingerprint density at radius 1 is 1.03 bits per heavy atom. The van der Waals surface area contributed by atoms with Crippen LogP contribution in [0.5, 0.6) is 0 Å². The van der Waals surface area contributed by atoms with Crippen LogP contribution >= 0.6 is 11.3 Å². The summed E-state index contributed by atoms with van der Waals surface area (Å²) in [4.78, 5) is 21.2. The largest absolute Gasteiger partial charge is 0.376 e. The second-order valence-electron chi connectivity index (χ2n) is 8.45.